The Morgan fingerprint density at radius 2 is 1.86 bits per heavy atom. The van der Waals surface area contributed by atoms with Gasteiger partial charge in [0.15, 0.2) is 0 Å². The van der Waals surface area contributed by atoms with Crippen LogP contribution in [0.4, 0.5) is 15.8 Å². The first kappa shape index (κ1) is 13.1. The molecule has 0 saturated carbocycles. The molecule has 0 atom stereocenters. The van der Waals surface area contributed by atoms with Crippen LogP contribution in [-0.2, 0) is 0 Å². The van der Waals surface area contributed by atoms with Crippen molar-refractivity contribution in [3.05, 3.63) is 66.1 Å². The van der Waals surface area contributed by atoms with Gasteiger partial charge < -0.3 is 11.1 Å². The normalized spacial score (nSPS) is 10.5. The summed E-state index contributed by atoms with van der Waals surface area (Å²) in [6, 6.07) is 13.2. The van der Waals surface area contributed by atoms with E-state index in [4.69, 9.17) is 5.73 Å². The minimum absolute atomic E-state index is 0.0181. The fourth-order valence-corrected chi connectivity index (χ4v) is 2.14. The number of aromatic nitrogens is 1. The number of benzene rings is 2. The minimum Gasteiger partial charge on any atom is -0.397 e. The maximum Gasteiger partial charge on any atom is 0.258 e. The molecule has 1 aromatic heterocycles. The first-order valence-corrected chi connectivity index (χ1v) is 6.36. The Balaban J connectivity index is 2.02. The number of fused-ring (bicyclic) bond motifs is 1. The second-order valence-electron chi connectivity index (χ2n) is 4.54. The highest BCUT2D eigenvalue weighted by atomic mass is 19.1. The number of hydrogen-bond donors (Lipinski definition) is 2. The molecular weight excluding hydrogens is 269 g/mol. The van der Waals surface area contributed by atoms with Gasteiger partial charge in [0.05, 0.1) is 16.8 Å². The van der Waals surface area contributed by atoms with Gasteiger partial charge in [-0.1, -0.05) is 24.3 Å². The summed E-state index contributed by atoms with van der Waals surface area (Å²) in [5.41, 5.74) is 6.78. The van der Waals surface area contributed by atoms with E-state index in [1.165, 1.54) is 18.2 Å². The summed E-state index contributed by atoms with van der Waals surface area (Å²) in [6.45, 7) is 0. The van der Waals surface area contributed by atoms with Crippen LogP contribution in [0.3, 0.4) is 0 Å². The number of para-hydroxylation sites is 2. The van der Waals surface area contributed by atoms with E-state index in [9.17, 15) is 9.18 Å². The molecule has 0 radical (unpaired) electrons. The summed E-state index contributed by atoms with van der Waals surface area (Å²) >= 11 is 0. The van der Waals surface area contributed by atoms with Gasteiger partial charge in [-0.25, -0.2) is 4.39 Å². The third-order valence-corrected chi connectivity index (χ3v) is 3.16. The Morgan fingerprint density at radius 1 is 1.10 bits per heavy atom. The second-order valence-corrected chi connectivity index (χ2v) is 4.54. The van der Waals surface area contributed by atoms with E-state index in [1.807, 2.05) is 12.1 Å². The van der Waals surface area contributed by atoms with Crippen LogP contribution >= 0.6 is 0 Å². The number of rotatable bonds is 2. The molecule has 4 nitrogen and oxygen atoms in total. The van der Waals surface area contributed by atoms with Crippen LogP contribution < -0.4 is 11.1 Å². The number of anilines is 2. The zero-order valence-electron chi connectivity index (χ0n) is 11.0. The van der Waals surface area contributed by atoms with Crippen LogP contribution in [-0.4, -0.2) is 10.9 Å². The van der Waals surface area contributed by atoms with Crippen LogP contribution in [0.5, 0.6) is 0 Å². The number of hydrogen-bond acceptors (Lipinski definition) is 3. The second kappa shape index (κ2) is 5.20. The summed E-state index contributed by atoms with van der Waals surface area (Å²) in [5.74, 6) is -1.02. The number of nitrogens with zero attached hydrogens (tertiary/aromatic N) is 1. The van der Waals surface area contributed by atoms with Gasteiger partial charge >= 0.3 is 0 Å². The van der Waals surface area contributed by atoms with Crippen LogP contribution in [0.2, 0.25) is 0 Å². The Labute approximate surface area is 120 Å². The highest BCUT2D eigenvalue weighted by Crippen LogP contribution is 2.24. The maximum absolute atomic E-state index is 13.7. The molecule has 3 rings (SSSR count). The predicted octanol–water partition coefficient (Wildman–Crippen LogP) is 3.21. The molecule has 0 saturated heterocycles. The predicted molar refractivity (Wildman–Crippen MR) is 80.5 cm³/mol. The Hall–Kier alpha value is -2.95. The molecule has 5 heteroatoms. The van der Waals surface area contributed by atoms with Crippen LogP contribution in [0, 0.1) is 5.82 Å². The van der Waals surface area contributed by atoms with Crippen molar-refractivity contribution in [2.45, 2.75) is 0 Å². The standard InChI is InChI=1S/C16H12FN3O/c17-12-7-2-8-13(18)15(12)20-16(21)11-6-1-4-10-5-3-9-19-14(10)11/h1-9H,18H2,(H,20,21). The van der Waals surface area contributed by atoms with E-state index >= 15 is 0 Å². The fourth-order valence-electron chi connectivity index (χ4n) is 2.14. The molecule has 2 aromatic carbocycles. The molecule has 0 unspecified atom stereocenters. The average molecular weight is 281 g/mol. The molecule has 0 aliphatic carbocycles. The number of pyridine rings is 1. The lowest BCUT2D eigenvalue weighted by atomic mass is 10.1. The van der Waals surface area contributed by atoms with Crippen molar-refractivity contribution in [3.8, 4) is 0 Å². The fraction of sp³-hybridized carbons (Fsp3) is 0. The summed E-state index contributed by atoms with van der Waals surface area (Å²) in [4.78, 5) is 16.6. The van der Waals surface area contributed by atoms with Gasteiger partial charge in [-0.3, -0.25) is 9.78 Å². The summed E-state index contributed by atoms with van der Waals surface area (Å²) < 4.78 is 13.7. The van der Waals surface area contributed by atoms with Gasteiger partial charge in [-0.2, -0.15) is 0 Å². The maximum atomic E-state index is 13.7. The molecule has 21 heavy (non-hydrogen) atoms. The van der Waals surface area contributed by atoms with Gasteiger partial charge in [-0.05, 0) is 24.3 Å². The quantitative estimate of drug-likeness (QED) is 0.709. The van der Waals surface area contributed by atoms with Crippen molar-refractivity contribution in [1.82, 2.24) is 4.98 Å². The Morgan fingerprint density at radius 3 is 2.67 bits per heavy atom. The topological polar surface area (TPSA) is 68.0 Å². The molecule has 1 amide bonds. The molecule has 104 valence electrons. The van der Waals surface area contributed by atoms with Crippen molar-refractivity contribution in [2.75, 3.05) is 11.1 Å². The first-order chi connectivity index (χ1) is 10.2. The number of nitrogens with one attached hydrogen (secondary N) is 1. The van der Waals surface area contributed by atoms with Gasteiger partial charge in [0.1, 0.15) is 11.5 Å². The number of amides is 1. The lowest BCUT2D eigenvalue weighted by Crippen LogP contribution is -2.15. The summed E-state index contributed by atoms with van der Waals surface area (Å²) in [7, 11) is 0. The molecule has 3 N–H and O–H groups in total. The van der Waals surface area contributed by atoms with Crippen molar-refractivity contribution in [1.29, 1.82) is 0 Å². The van der Waals surface area contributed by atoms with E-state index in [1.54, 1.807) is 24.4 Å². The summed E-state index contributed by atoms with van der Waals surface area (Å²) in [6.07, 6.45) is 1.61. The van der Waals surface area contributed by atoms with E-state index in [-0.39, 0.29) is 11.4 Å². The Kier molecular flexibility index (Phi) is 3.23. The van der Waals surface area contributed by atoms with E-state index < -0.39 is 11.7 Å². The monoisotopic (exact) mass is 281 g/mol. The third-order valence-electron chi connectivity index (χ3n) is 3.16. The number of nitrogen functional groups attached to an aromatic ring is 1. The van der Waals surface area contributed by atoms with Gasteiger partial charge in [-0.15, -0.1) is 0 Å². The van der Waals surface area contributed by atoms with Crippen molar-refractivity contribution < 1.29 is 9.18 Å². The van der Waals surface area contributed by atoms with Crippen LogP contribution in [0.15, 0.2) is 54.7 Å². The minimum atomic E-state index is -0.573. The molecule has 3 aromatic rings. The number of halogens is 1. The highest BCUT2D eigenvalue weighted by molar-refractivity contribution is 6.12. The van der Waals surface area contributed by atoms with E-state index in [0.717, 1.165) is 5.39 Å². The lowest BCUT2D eigenvalue weighted by molar-refractivity contribution is 0.102. The third kappa shape index (κ3) is 2.41. The van der Waals surface area contributed by atoms with Crippen molar-refractivity contribution in [3.63, 3.8) is 0 Å². The Bertz CT molecular complexity index is 807. The largest absolute Gasteiger partial charge is 0.397 e. The van der Waals surface area contributed by atoms with Crippen LogP contribution in [0.25, 0.3) is 10.9 Å². The van der Waals surface area contributed by atoms with Crippen LogP contribution in [0.1, 0.15) is 10.4 Å². The first-order valence-electron chi connectivity index (χ1n) is 6.36. The van der Waals surface area contributed by atoms with E-state index in [2.05, 4.69) is 10.3 Å². The SMILES string of the molecule is Nc1cccc(F)c1NC(=O)c1cccc2cccnc12. The molecule has 0 bridgehead atoms. The van der Waals surface area contributed by atoms with Crippen molar-refractivity contribution in [2.24, 2.45) is 0 Å². The zero-order chi connectivity index (χ0) is 14.8. The lowest BCUT2D eigenvalue weighted by Gasteiger charge is -2.10. The number of nitrogens with two attached hydrogens (primary N) is 1. The van der Waals surface area contributed by atoms with Crippen molar-refractivity contribution >= 4 is 28.2 Å². The highest BCUT2D eigenvalue weighted by Gasteiger charge is 2.14. The van der Waals surface area contributed by atoms with Gasteiger partial charge in [0.25, 0.3) is 5.91 Å². The smallest absolute Gasteiger partial charge is 0.258 e. The number of carbonyl (C=O) groups is 1. The molecule has 0 aliphatic rings. The van der Waals surface area contributed by atoms with Gasteiger partial charge in [0, 0.05) is 11.6 Å². The molecule has 0 aliphatic heterocycles. The van der Waals surface area contributed by atoms with E-state index in [0.29, 0.717) is 11.1 Å². The summed E-state index contributed by atoms with van der Waals surface area (Å²) in [5, 5.41) is 3.35. The zero-order valence-corrected chi connectivity index (χ0v) is 11.0. The molecule has 0 spiro atoms. The molecule has 1 heterocycles. The average Bonchev–Trinajstić information content (AvgIpc) is 2.50. The number of carbonyl (C=O) groups excluding carboxylic acids is 1. The van der Waals surface area contributed by atoms with Gasteiger partial charge in [0.2, 0.25) is 0 Å². The molecular formula is C16H12FN3O. The molecule has 0 fully saturated rings.